The van der Waals surface area contributed by atoms with E-state index >= 15 is 0 Å². The zero-order valence-corrected chi connectivity index (χ0v) is 15.3. The van der Waals surface area contributed by atoms with E-state index in [-0.39, 0.29) is 11.9 Å². The molecule has 2 aromatic heterocycles. The van der Waals surface area contributed by atoms with Crippen LogP contribution in [0.5, 0.6) is 0 Å². The summed E-state index contributed by atoms with van der Waals surface area (Å²) < 4.78 is 1.85. The maximum Gasteiger partial charge on any atom is 0.268 e. The summed E-state index contributed by atoms with van der Waals surface area (Å²) in [6.07, 6.45) is 3.83. The standard InChI is InChI=1S/C18H18ClN3OS/c1-11(15-7-6-14(24-3)10-20-15)21-18(23)17-8-12-4-5-13(19)9-16(12)22(17)2/h4-11H,1-3H3,(H,21,23). The molecule has 1 unspecified atom stereocenters. The number of carbonyl (C=O) groups excluding carboxylic acids is 1. The van der Waals surface area contributed by atoms with Crippen LogP contribution in [0.3, 0.4) is 0 Å². The maximum atomic E-state index is 12.6. The molecule has 0 saturated carbocycles. The van der Waals surface area contributed by atoms with Crippen LogP contribution in [0.15, 0.2) is 47.5 Å². The van der Waals surface area contributed by atoms with Gasteiger partial charge in [0.05, 0.1) is 11.7 Å². The maximum absolute atomic E-state index is 12.6. The van der Waals surface area contributed by atoms with Crippen LogP contribution < -0.4 is 5.32 Å². The van der Waals surface area contributed by atoms with Crippen molar-refractivity contribution in [2.24, 2.45) is 7.05 Å². The average molecular weight is 360 g/mol. The third-order valence-corrected chi connectivity index (χ3v) is 4.97. The topological polar surface area (TPSA) is 46.9 Å². The minimum Gasteiger partial charge on any atom is -0.343 e. The van der Waals surface area contributed by atoms with Crippen molar-refractivity contribution in [2.75, 3.05) is 6.26 Å². The highest BCUT2D eigenvalue weighted by Gasteiger charge is 2.17. The molecule has 4 nitrogen and oxygen atoms in total. The van der Waals surface area contributed by atoms with Gasteiger partial charge in [0.25, 0.3) is 5.91 Å². The molecule has 1 atom stereocenters. The van der Waals surface area contributed by atoms with Gasteiger partial charge in [0.1, 0.15) is 5.69 Å². The van der Waals surface area contributed by atoms with Crippen molar-refractivity contribution in [1.82, 2.24) is 14.9 Å². The van der Waals surface area contributed by atoms with E-state index in [0.717, 1.165) is 21.5 Å². The van der Waals surface area contributed by atoms with Crippen molar-refractivity contribution < 1.29 is 4.79 Å². The molecule has 24 heavy (non-hydrogen) atoms. The number of hydrogen-bond acceptors (Lipinski definition) is 3. The van der Waals surface area contributed by atoms with Crippen molar-refractivity contribution >= 4 is 40.2 Å². The first-order valence-electron chi connectivity index (χ1n) is 7.55. The summed E-state index contributed by atoms with van der Waals surface area (Å²) in [5.41, 5.74) is 2.37. The molecular formula is C18H18ClN3OS. The average Bonchev–Trinajstić information content (AvgIpc) is 2.91. The Kier molecular flexibility index (Phi) is 4.83. The zero-order chi connectivity index (χ0) is 17.3. The first-order chi connectivity index (χ1) is 11.5. The number of benzene rings is 1. The second kappa shape index (κ2) is 6.87. The van der Waals surface area contributed by atoms with Gasteiger partial charge in [0.2, 0.25) is 0 Å². The fourth-order valence-electron chi connectivity index (χ4n) is 2.63. The molecule has 0 bridgehead atoms. The van der Waals surface area contributed by atoms with Gasteiger partial charge in [0, 0.05) is 34.1 Å². The Bertz CT molecular complexity index is 889. The van der Waals surface area contributed by atoms with Gasteiger partial charge < -0.3 is 9.88 Å². The number of fused-ring (bicyclic) bond motifs is 1. The van der Waals surface area contributed by atoms with E-state index in [1.807, 2.05) is 67.4 Å². The molecule has 0 radical (unpaired) electrons. The summed E-state index contributed by atoms with van der Waals surface area (Å²) in [7, 11) is 1.86. The van der Waals surface area contributed by atoms with Gasteiger partial charge in [-0.3, -0.25) is 9.78 Å². The summed E-state index contributed by atoms with van der Waals surface area (Å²) >= 11 is 7.69. The Morgan fingerprint density at radius 3 is 2.75 bits per heavy atom. The molecule has 6 heteroatoms. The van der Waals surface area contributed by atoms with E-state index in [9.17, 15) is 4.79 Å². The number of rotatable bonds is 4. The number of amides is 1. The second-order valence-electron chi connectivity index (χ2n) is 5.61. The van der Waals surface area contributed by atoms with E-state index in [1.165, 1.54) is 0 Å². The van der Waals surface area contributed by atoms with Crippen LogP contribution in [0.4, 0.5) is 0 Å². The predicted octanol–water partition coefficient (Wildman–Crippen LogP) is 4.44. The van der Waals surface area contributed by atoms with Crippen molar-refractivity contribution in [3.05, 3.63) is 59.0 Å². The van der Waals surface area contributed by atoms with Gasteiger partial charge in [-0.2, -0.15) is 0 Å². The molecule has 1 amide bonds. The quantitative estimate of drug-likeness (QED) is 0.700. The molecule has 0 fully saturated rings. The van der Waals surface area contributed by atoms with Crippen molar-refractivity contribution in [3.63, 3.8) is 0 Å². The Morgan fingerprint density at radius 1 is 1.29 bits per heavy atom. The molecule has 2 heterocycles. The number of halogens is 1. The van der Waals surface area contributed by atoms with E-state index in [1.54, 1.807) is 11.8 Å². The molecule has 0 aliphatic carbocycles. The van der Waals surface area contributed by atoms with Gasteiger partial charge in [-0.05, 0) is 43.5 Å². The van der Waals surface area contributed by atoms with E-state index < -0.39 is 0 Å². The Hall–Kier alpha value is -1.98. The van der Waals surface area contributed by atoms with Crippen LogP contribution in [0.1, 0.15) is 29.1 Å². The van der Waals surface area contributed by atoms with Gasteiger partial charge >= 0.3 is 0 Å². The first-order valence-corrected chi connectivity index (χ1v) is 9.15. The number of aryl methyl sites for hydroxylation is 1. The van der Waals surface area contributed by atoms with E-state index in [0.29, 0.717) is 10.7 Å². The molecule has 124 valence electrons. The highest BCUT2D eigenvalue weighted by molar-refractivity contribution is 7.98. The van der Waals surface area contributed by atoms with Crippen LogP contribution in [0.25, 0.3) is 10.9 Å². The normalized spacial score (nSPS) is 12.3. The summed E-state index contributed by atoms with van der Waals surface area (Å²) in [5.74, 6) is -0.131. The van der Waals surface area contributed by atoms with E-state index in [2.05, 4.69) is 10.3 Å². The van der Waals surface area contributed by atoms with Crippen molar-refractivity contribution in [2.45, 2.75) is 17.9 Å². The van der Waals surface area contributed by atoms with Gasteiger partial charge in [-0.1, -0.05) is 17.7 Å². The molecule has 3 rings (SSSR count). The SMILES string of the molecule is CSc1ccc(C(C)NC(=O)c2cc3ccc(Cl)cc3n2C)nc1. The fourth-order valence-corrected chi connectivity index (χ4v) is 3.16. The zero-order valence-electron chi connectivity index (χ0n) is 13.7. The largest absolute Gasteiger partial charge is 0.343 e. The fraction of sp³-hybridized carbons (Fsp3) is 0.222. The smallest absolute Gasteiger partial charge is 0.268 e. The van der Waals surface area contributed by atoms with Gasteiger partial charge in [-0.15, -0.1) is 11.8 Å². The molecule has 0 saturated heterocycles. The van der Waals surface area contributed by atoms with Crippen LogP contribution >= 0.6 is 23.4 Å². The summed E-state index contributed by atoms with van der Waals surface area (Å²) in [6, 6.07) is 11.3. The molecule has 1 N–H and O–H groups in total. The number of pyridine rings is 1. The Labute approximate surface area is 150 Å². The lowest BCUT2D eigenvalue weighted by molar-refractivity contribution is 0.0931. The number of carbonyl (C=O) groups is 1. The number of hydrogen-bond donors (Lipinski definition) is 1. The number of nitrogens with zero attached hydrogens (tertiary/aromatic N) is 2. The lowest BCUT2D eigenvalue weighted by Gasteiger charge is -2.14. The molecule has 0 aliphatic heterocycles. The highest BCUT2D eigenvalue weighted by Crippen LogP contribution is 2.23. The Balaban J connectivity index is 1.82. The van der Waals surface area contributed by atoms with Gasteiger partial charge in [0.15, 0.2) is 0 Å². The minimum absolute atomic E-state index is 0.131. The summed E-state index contributed by atoms with van der Waals surface area (Å²) in [6.45, 7) is 1.93. The minimum atomic E-state index is -0.171. The monoisotopic (exact) mass is 359 g/mol. The molecular weight excluding hydrogens is 342 g/mol. The first kappa shape index (κ1) is 16.9. The third-order valence-electron chi connectivity index (χ3n) is 4.03. The second-order valence-corrected chi connectivity index (χ2v) is 6.93. The Morgan fingerprint density at radius 2 is 2.08 bits per heavy atom. The van der Waals surface area contributed by atoms with Crippen LogP contribution in [0.2, 0.25) is 5.02 Å². The van der Waals surface area contributed by atoms with Crippen molar-refractivity contribution in [3.8, 4) is 0 Å². The number of thioether (sulfide) groups is 1. The van der Waals surface area contributed by atoms with Crippen molar-refractivity contribution in [1.29, 1.82) is 0 Å². The predicted molar refractivity (Wildman–Crippen MR) is 99.8 cm³/mol. The van der Waals surface area contributed by atoms with Crippen LogP contribution in [-0.2, 0) is 7.05 Å². The summed E-state index contributed by atoms with van der Waals surface area (Å²) in [5, 5.41) is 4.65. The van der Waals surface area contributed by atoms with Gasteiger partial charge in [-0.25, -0.2) is 0 Å². The lowest BCUT2D eigenvalue weighted by Crippen LogP contribution is -2.28. The van der Waals surface area contributed by atoms with E-state index in [4.69, 9.17) is 11.6 Å². The number of nitrogens with one attached hydrogen (secondary N) is 1. The third kappa shape index (κ3) is 3.28. The van der Waals surface area contributed by atoms with Crippen LogP contribution in [-0.4, -0.2) is 21.7 Å². The lowest BCUT2D eigenvalue weighted by atomic mass is 10.2. The highest BCUT2D eigenvalue weighted by atomic mass is 35.5. The molecule has 1 aromatic carbocycles. The molecule has 3 aromatic rings. The van der Waals surface area contributed by atoms with Crippen LogP contribution in [0, 0.1) is 0 Å². The molecule has 0 aliphatic rings. The number of aromatic nitrogens is 2. The summed E-state index contributed by atoms with van der Waals surface area (Å²) in [4.78, 5) is 18.1. The molecule has 0 spiro atoms.